The molecule has 1 amide bonds. The second-order valence-electron chi connectivity index (χ2n) is 5.92. The van der Waals surface area contributed by atoms with Crippen LogP contribution in [0.4, 0.5) is 5.69 Å². The number of aliphatic imine (C=N–C) groups is 1. The third-order valence-corrected chi connectivity index (χ3v) is 4.49. The highest BCUT2D eigenvalue weighted by atomic mass is 79.9. The van der Waals surface area contributed by atoms with Crippen molar-refractivity contribution < 1.29 is 9.53 Å². The summed E-state index contributed by atoms with van der Waals surface area (Å²) in [4.78, 5) is 16.3. The third-order valence-electron chi connectivity index (χ3n) is 3.99. The summed E-state index contributed by atoms with van der Waals surface area (Å²) in [7, 11) is 3.34. The number of para-hydroxylation sites is 1. The van der Waals surface area contributed by atoms with Crippen molar-refractivity contribution in [2.45, 2.75) is 13.3 Å². The first-order valence-corrected chi connectivity index (χ1v) is 9.45. The minimum Gasteiger partial charge on any atom is -0.496 e. The van der Waals surface area contributed by atoms with E-state index in [1.54, 1.807) is 14.2 Å². The molecule has 0 spiro atoms. The van der Waals surface area contributed by atoms with Crippen molar-refractivity contribution in [3.8, 4) is 5.75 Å². The molecule has 2 aromatic rings. The van der Waals surface area contributed by atoms with Crippen LogP contribution in [-0.4, -0.2) is 39.1 Å². The van der Waals surface area contributed by atoms with Gasteiger partial charge in [-0.3, -0.25) is 9.79 Å². The summed E-state index contributed by atoms with van der Waals surface area (Å²) in [5.41, 5.74) is 2.91. The molecule has 0 aromatic heterocycles. The maximum absolute atomic E-state index is 12.2. The molecule has 7 heteroatoms. The standard InChI is InChI=1S/C20H25BrN4O2/c1-14-8-9-16(21)12-17(14)25-19(26)13-24-20(22-2)23-11-10-15-6-4-5-7-18(15)27-3/h4-9,12H,10-11,13H2,1-3H3,(H,25,26)(H2,22,23,24). The SMILES string of the molecule is CN=C(NCCc1ccccc1OC)NCC(=O)Nc1cc(Br)ccc1C. The number of anilines is 1. The minimum atomic E-state index is -0.135. The second kappa shape index (κ2) is 10.6. The van der Waals surface area contributed by atoms with Crippen LogP contribution in [-0.2, 0) is 11.2 Å². The molecule has 0 aliphatic heterocycles. The van der Waals surface area contributed by atoms with E-state index >= 15 is 0 Å². The number of benzene rings is 2. The van der Waals surface area contributed by atoms with Gasteiger partial charge in [-0.1, -0.05) is 40.2 Å². The molecule has 6 nitrogen and oxygen atoms in total. The number of nitrogens with one attached hydrogen (secondary N) is 3. The highest BCUT2D eigenvalue weighted by molar-refractivity contribution is 9.10. The summed E-state index contributed by atoms with van der Waals surface area (Å²) in [5.74, 6) is 1.31. The highest BCUT2D eigenvalue weighted by Crippen LogP contribution is 2.20. The number of nitrogens with zero attached hydrogens (tertiary/aromatic N) is 1. The highest BCUT2D eigenvalue weighted by Gasteiger charge is 2.07. The first-order chi connectivity index (χ1) is 13.0. The Balaban J connectivity index is 1.79. The molecule has 0 aliphatic rings. The van der Waals surface area contributed by atoms with Crippen LogP contribution in [0.2, 0.25) is 0 Å². The van der Waals surface area contributed by atoms with Gasteiger partial charge in [0, 0.05) is 23.8 Å². The number of hydrogen-bond donors (Lipinski definition) is 3. The fourth-order valence-electron chi connectivity index (χ4n) is 2.53. The first kappa shape index (κ1) is 20.8. The number of methoxy groups -OCH3 is 1. The van der Waals surface area contributed by atoms with E-state index in [0.717, 1.165) is 33.5 Å². The van der Waals surface area contributed by atoms with Crippen molar-refractivity contribution >= 4 is 33.5 Å². The van der Waals surface area contributed by atoms with Crippen LogP contribution in [0.15, 0.2) is 51.9 Å². The molecule has 0 aliphatic carbocycles. The van der Waals surface area contributed by atoms with Crippen LogP contribution in [0.5, 0.6) is 5.75 Å². The molecule has 2 aromatic carbocycles. The number of rotatable bonds is 7. The molecule has 0 bridgehead atoms. The molecule has 144 valence electrons. The quantitative estimate of drug-likeness (QED) is 0.464. The number of guanidine groups is 1. The molecule has 27 heavy (non-hydrogen) atoms. The topological polar surface area (TPSA) is 74.8 Å². The average Bonchev–Trinajstić information content (AvgIpc) is 2.67. The van der Waals surface area contributed by atoms with Gasteiger partial charge < -0.3 is 20.7 Å². The lowest BCUT2D eigenvalue weighted by atomic mass is 10.1. The molecular formula is C20H25BrN4O2. The lowest BCUT2D eigenvalue weighted by Gasteiger charge is -2.14. The van der Waals surface area contributed by atoms with E-state index < -0.39 is 0 Å². The monoisotopic (exact) mass is 432 g/mol. The Hall–Kier alpha value is -2.54. The predicted octanol–water partition coefficient (Wildman–Crippen LogP) is 3.11. The number of aryl methyl sites for hydroxylation is 1. The molecular weight excluding hydrogens is 408 g/mol. The van der Waals surface area contributed by atoms with Crippen molar-refractivity contribution in [3.05, 3.63) is 58.1 Å². The number of amides is 1. The Morgan fingerprint density at radius 2 is 1.96 bits per heavy atom. The maximum Gasteiger partial charge on any atom is 0.243 e. The van der Waals surface area contributed by atoms with E-state index in [4.69, 9.17) is 4.74 Å². The number of halogens is 1. The molecule has 0 saturated carbocycles. The molecule has 0 atom stereocenters. The Morgan fingerprint density at radius 3 is 2.70 bits per heavy atom. The largest absolute Gasteiger partial charge is 0.496 e. The predicted molar refractivity (Wildman–Crippen MR) is 114 cm³/mol. The van der Waals surface area contributed by atoms with Gasteiger partial charge in [0.1, 0.15) is 5.75 Å². The van der Waals surface area contributed by atoms with Crippen molar-refractivity contribution in [2.24, 2.45) is 4.99 Å². The zero-order valence-electron chi connectivity index (χ0n) is 15.8. The van der Waals surface area contributed by atoms with Crippen LogP contribution < -0.4 is 20.7 Å². The summed E-state index contributed by atoms with van der Waals surface area (Å²) < 4.78 is 6.27. The minimum absolute atomic E-state index is 0.125. The lowest BCUT2D eigenvalue weighted by molar-refractivity contribution is -0.115. The summed E-state index contributed by atoms with van der Waals surface area (Å²) in [6, 6.07) is 13.7. The second-order valence-corrected chi connectivity index (χ2v) is 6.84. The molecule has 0 heterocycles. The fourth-order valence-corrected chi connectivity index (χ4v) is 2.89. The van der Waals surface area contributed by atoms with Gasteiger partial charge in [0.2, 0.25) is 5.91 Å². The number of hydrogen-bond acceptors (Lipinski definition) is 3. The zero-order chi connectivity index (χ0) is 19.6. The van der Waals surface area contributed by atoms with E-state index in [-0.39, 0.29) is 12.5 Å². The smallest absolute Gasteiger partial charge is 0.243 e. The number of carbonyl (C=O) groups excluding carboxylic acids is 1. The Bertz CT molecular complexity index is 808. The van der Waals surface area contributed by atoms with E-state index in [1.165, 1.54) is 0 Å². The van der Waals surface area contributed by atoms with Gasteiger partial charge in [0.05, 0.1) is 13.7 Å². The third kappa shape index (κ3) is 6.60. The Kier molecular flexibility index (Phi) is 8.13. The Labute approximate surface area is 168 Å². The normalized spacial score (nSPS) is 11.0. The number of carbonyl (C=O) groups is 1. The number of ether oxygens (including phenoxy) is 1. The maximum atomic E-state index is 12.2. The summed E-state index contributed by atoms with van der Waals surface area (Å²) in [6.07, 6.45) is 0.786. The van der Waals surface area contributed by atoms with Crippen molar-refractivity contribution in [2.75, 3.05) is 32.6 Å². The molecule has 0 unspecified atom stereocenters. The van der Waals surface area contributed by atoms with Crippen molar-refractivity contribution in [3.63, 3.8) is 0 Å². The van der Waals surface area contributed by atoms with E-state index in [2.05, 4.69) is 36.9 Å². The summed E-state index contributed by atoms with van der Waals surface area (Å²) in [6.45, 7) is 2.75. The van der Waals surface area contributed by atoms with Crippen LogP contribution in [0.25, 0.3) is 0 Å². The van der Waals surface area contributed by atoms with E-state index in [0.29, 0.717) is 12.5 Å². The van der Waals surface area contributed by atoms with Gasteiger partial charge in [-0.25, -0.2) is 0 Å². The van der Waals surface area contributed by atoms with Crippen LogP contribution in [0.1, 0.15) is 11.1 Å². The first-order valence-electron chi connectivity index (χ1n) is 8.66. The van der Waals surface area contributed by atoms with E-state index in [9.17, 15) is 4.79 Å². The van der Waals surface area contributed by atoms with Gasteiger partial charge in [-0.05, 0) is 42.7 Å². The van der Waals surface area contributed by atoms with Crippen LogP contribution in [0.3, 0.4) is 0 Å². The van der Waals surface area contributed by atoms with Gasteiger partial charge in [0.15, 0.2) is 5.96 Å². The van der Waals surface area contributed by atoms with Gasteiger partial charge in [0.25, 0.3) is 0 Å². The summed E-state index contributed by atoms with van der Waals surface area (Å²) in [5, 5.41) is 9.12. The lowest BCUT2D eigenvalue weighted by Crippen LogP contribution is -2.42. The average molecular weight is 433 g/mol. The molecule has 3 N–H and O–H groups in total. The van der Waals surface area contributed by atoms with Crippen LogP contribution >= 0.6 is 15.9 Å². The zero-order valence-corrected chi connectivity index (χ0v) is 17.4. The molecule has 0 fully saturated rings. The molecule has 2 rings (SSSR count). The Morgan fingerprint density at radius 1 is 1.19 bits per heavy atom. The van der Waals surface area contributed by atoms with Gasteiger partial charge in [-0.2, -0.15) is 0 Å². The fraction of sp³-hybridized carbons (Fsp3) is 0.300. The summed E-state index contributed by atoms with van der Waals surface area (Å²) >= 11 is 3.41. The van der Waals surface area contributed by atoms with E-state index in [1.807, 2.05) is 49.4 Å². The van der Waals surface area contributed by atoms with Crippen molar-refractivity contribution in [1.82, 2.24) is 10.6 Å². The van der Waals surface area contributed by atoms with Crippen molar-refractivity contribution in [1.29, 1.82) is 0 Å². The van der Waals surface area contributed by atoms with Gasteiger partial charge >= 0.3 is 0 Å². The van der Waals surface area contributed by atoms with Gasteiger partial charge in [-0.15, -0.1) is 0 Å². The molecule has 0 radical (unpaired) electrons. The van der Waals surface area contributed by atoms with Crippen LogP contribution in [0, 0.1) is 6.92 Å². The molecule has 0 saturated heterocycles.